The van der Waals surface area contributed by atoms with Gasteiger partial charge in [0.25, 0.3) is 0 Å². The lowest BCUT2D eigenvalue weighted by atomic mass is 10.5. The summed E-state index contributed by atoms with van der Waals surface area (Å²) in [5.74, 6) is 0.957. The summed E-state index contributed by atoms with van der Waals surface area (Å²) in [6, 6.07) is 3.83. The molecule has 0 fully saturated rings. The van der Waals surface area contributed by atoms with Gasteiger partial charge in [-0.15, -0.1) is 23.5 Å². The Balaban J connectivity index is 2.32. The van der Waals surface area contributed by atoms with Crippen LogP contribution in [-0.2, 0) is 19.3 Å². The van der Waals surface area contributed by atoms with Crippen molar-refractivity contribution in [1.82, 2.24) is 15.9 Å². The van der Waals surface area contributed by atoms with E-state index in [-0.39, 0.29) is 11.8 Å². The minimum atomic E-state index is -0.162. The number of hydrogen-bond donors (Lipinski definition) is 2. The SMILES string of the molecule is CONC(=O)CCSc1ccnc(SCCC(=O)NOC)c1. The molecule has 7 nitrogen and oxygen atoms in total. The fourth-order valence-corrected chi connectivity index (χ4v) is 3.19. The van der Waals surface area contributed by atoms with Gasteiger partial charge in [-0.1, -0.05) is 0 Å². The van der Waals surface area contributed by atoms with E-state index >= 15 is 0 Å². The third kappa shape index (κ3) is 8.23. The third-order valence-electron chi connectivity index (χ3n) is 2.32. The number of aromatic nitrogens is 1. The zero-order valence-corrected chi connectivity index (χ0v) is 14.1. The van der Waals surface area contributed by atoms with Crippen LogP contribution in [0.25, 0.3) is 0 Å². The molecule has 0 aliphatic heterocycles. The van der Waals surface area contributed by atoms with Gasteiger partial charge in [-0.3, -0.25) is 19.3 Å². The number of hydrogen-bond acceptors (Lipinski definition) is 7. The van der Waals surface area contributed by atoms with Gasteiger partial charge in [0.15, 0.2) is 0 Å². The highest BCUT2D eigenvalue weighted by Crippen LogP contribution is 2.24. The highest BCUT2D eigenvalue weighted by Gasteiger charge is 2.04. The van der Waals surface area contributed by atoms with Gasteiger partial charge in [0.2, 0.25) is 11.8 Å². The number of nitrogens with one attached hydrogen (secondary N) is 2. The number of hydroxylamine groups is 2. The minimum Gasteiger partial charge on any atom is -0.277 e. The first-order valence-corrected chi connectivity index (χ1v) is 8.48. The zero-order valence-electron chi connectivity index (χ0n) is 12.5. The Morgan fingerprint density at radius 2 is 1.68 bits per heavy atom. The average molecular weight is 345 g/mol. The number of nitrogens with zero attached hydrogens (tertiary/aromatic N) is 1. The summed E-state index contributed by atoms with van der Waals surface area (Å²) in [5.41, 5.74) is 4.54. The Hall–Kier alpha value is -1.29. The van der Waals surface area contributed by atoms with Gasteiger partial charge in [0.05, 0.1) is 19.2 Å². The molecule has 1 rings (SSSR count). The first-order chi connectivity index (χ1) is 10.7. The molecule has 0 spiro atoms. The Morgan fingerprint density at radius 3 is 2.27 bits per heavy atom. The number of pyridine rings is 1. The lowest BCUT2D eigenvalue weighted by molar-refractivity contribution is -0.131. The van der Waals surface area contributed by atoms with Crippen LogP contribution in [0.5, 0.6) is 0 Å². The number of thioether (sulfide) groups is 2. The summed E-state index contributed by atoms with van der Waals surface area (Å²) in [6.45, 7) is 0. The number of carbonyl (C=O) groups is 2. The Labute approximate surface area is 137 Å². The zero-order chi connectivity index (χ0) is 16.2. The van der Waals surface area contributed by atoms with Crippen molar-refractivity contribution >= 4 is 35.3 Å². The molecule has 0 unspecified atom stereocenters. The lowest BCUT2D eigenvalue weighted by Gasteiger charge is -2.05. The Morgan fingerprint density at radius 1 is 1.09 bits per heavy atom. The first-order valence-electron chi connectivity index (χ1n) is 6.51. The van der Waals surface area contributed by atoms with E-state index in [4.69, 9.17) is 0 Å². The molecule has 2 amide bonds. The van der Waals surface area contributed by atoms with Crippen LogP contribution in [-0.4, -0.2) is 42.5 Å². The predicted octanol–water partition coefficient (Wildman–Crippen LogP) is 1.40. The van der Waals surface area contributed by atoms with Crippen LogP contribution in [0.3, 0.4) is 0 Å². The van der Waals surface area contributed by atoms with Gasteiger partial charge in [0.1, 0.15) is 0 Å². The normalized spacial score (nSPS) is 10.3. The molecule has 1 aromatic rings. The van der Waals surface area contributed by atoms with Crippen molar-refractivity contribution in [2.24, 2.45) is 0 Å². The number of carbonyl (C=O) groups excluding carboxylic acids is 2. The van der Waals surface area contributed by atoms with Crippen molar-refractivity contribution in [1.29, 1.82) is 0 Å². The standard InChI is InChI=1S/C13H19N3O4S2/c1-19-15-11(17)4-7-21-10-3-6-14-13(9-10)22-8-5-12(18)16-20-2/h3,6,9H,4-5,7-8H2,1-2H3,(H,15,17)(H,16,18). The molecule has 1 aromatic heterocycles. The van der Waals surface area contributed by atoms with Crippen molar-refractivity contribution in [3.05, 3.63) is 18.3 Å². The van der Waals surface area contributed by atoms with E-state index in [1.807, 2.05) is 12.1 Å². The van der Waals surface area contributed by atoms with Crippen LogP contribution in [0.4, 0.5) is 0 Å². The topological polar surface area (TPSA) is 89.5 Å². The molecule has 0 atom stereocenters. The van der Waals surface area contributed by atoms with Crippen molar-refractivity contribution in [3.63, 3.8) is 0 Å². The van der Waals surface area contributed by atoms with Crippen LogP contribution in [0, 0.1) is 0 Å². The fourth-order valence-electron chi connectivity index (χ4n) is 1.40. The van der Waals surface area contributed by atoms with Crippen molar-refractivity contribution < 1.29 is 19.3 Å². The van der Waals surface area contributed by atoms with Crippen LogP contribution in [0.1, 0.15) is 12.8 Å². The second-order valence-electron chi connectivity index (χ2n) is 3.99. The van der Waals surface area contributed by atoms with Crippen LogP contribution < -0.4 is 11.0 Å². The van der Waals surface area contributed by atoms with E-state index in [9.17, 15) is 9.59 Å². The number of rotatable bonds is 10. The molecule has 0 aromatic carbocycles. The second-order valence-corrected chi connectivity index (χ2v) is 6.27. The maximum absolute atomic E-state index is 11.2. The maximum atomic E-state index is 11.2. The summed E-state index contributed by atoms with van der Waals surface area (Å²) in [4.78, 5) is 36.8. The molecule has 0 radical (unpaired) electrons. The molecular weight excluding hydrogens is 326 g/mol. The van der Waals surface area contributed by atoms with Crippen molar-refractivity contribution in [3.8, 4) is 0 Å². The molecule has 0 bridgehead atoms. The highest BCUT2D eigenvalue weighted by atomic mass is 32.2. The smallest absolute Gasteiger partial charge is 0.244 e. The van der Waals surface area contributed by atoms with Gasteiger partial charge in [-0.05, 0) is 12.1 Å². The molecule has 122 valence electrons. The summed E-state index contributed by atoms with van der Waals surface area (Å²) in [6.07, 6.45) is 2.45. The van der Waals surface area contributed by atoms with Crippen molar-refractivity contribution in [2.45, 2.75) is 22.8 Å². The molecular formula is C13H19N3O4S2. The molecule has 0 saturated carbocycles. The van der Waals surface area contributed by atoms with Gasteiger partial charge >= 0.3 is 0 Å². The Bertz CT molecular complexity index is 449. The summed E-state index contributed by atoms with van der Waals surface area (Å²) >= 11 is 3.06. The fraction of sp³-hybridized carbons (Fsp3) is 0.462. The molecule has 2 N–H and O–H groups in total. The van der Waals surface area contributed by atoms with E-state index in [1.54, 1.807) is 18.0 Å². The molecule has 0 saturated heterocycles. The quantitative estimate of drug-likeness (QED) is 0.489. The molecule has 22 heavy (non-hydrogen) atoms. The van der Waals surface area contributed by atoms with E-state index in [0.717, 1.165) is 9.92 Å². The first kappa shape index (κ1) is 18.8. The monoisotopic (exact) mass is 345 g/mol. The summed E-state index contributed by atoms with van der Waals surface area (Å²) in [5, 5.41) is 0.844. The largest absolute Gasteiger partial charge is 0.277 e. The average Bonchev–Trinajstić information content (AvgIpc) is 2.48. The van der Waals surface area contributed by atoms with Gasteiger partial charge < -0.3 is 0 Å². The second kappa shape index (κ2) is 11.3. The van der Waals surface area contributed by atoms with E-state index in [2.05, 4.69) is 25.6 Å². The van der Waals surface area contributed by atoms with Gasteiger partial charge in [-0.2, -0.15) is 0 Å². The number of amides is 2. The minimum absolute atomic E-state index is 0.150. The predicted molar refractivity (Wildman–Crippen MR) is 85.2 cm³/mol. The molecule has 1 heterocycles. The summed E-state index contributed by atoms with van der Waals surface area (Å²) < 4.78 is 0. The van der Waals surface area contributed by atoms with Crippen LogP contribution in [0.15, 0.2) is 28.3 Å². The van der Waals surface area contributed by atoms with Crippen molar-refractivity contribution in [2.75, 3.05) is 25.7 Å². The van der Waals surface area contributed by atoms with E-state index < -0.39 is 0 Å². The Kier molecular flexibility index (Phi) is 9.64. The highest BCUT2D eigenvalue weighted by molar-refractivity contribution is 8.00. The third-order valence-corrected chi connectivity index (χ3v) is 4.24. The van der Waals surface area contributed by atoms with Crippen LogP contribution in [0.2, 0.25) is 0 Å². The lowest BCUT2D eigenvalue weighted by Crippen LogP contribution is -2.21. The van der Waals surface area contributed by atoms with Gasteiger partial charge in [0, 0.05) is 35.4 Å². The maximum Gasteiger partial charge on any atom is 0.244 e. The molecule has 9 heteroatoms. The van der Waals surface area contributed by atoms with Gasteiger partial charge in [-0.25, -0.2) is 15.9 Å². The molecule has 0 aliphatic carbocycles. The van der Waals surface area contributed by atoms with E-state index in [1.165, 1.54) is 26.0 Å². The molecule has 0 aliphatic rings. The van der Waals surface area contributed by atoms with E-state index in [0.29, 0.717) is 24.3 Å². The summed E-state index contributed by atoms with van der Waals surface area (Å²) in [7, 11) is 2.81. The van der Waals surface area contributed by atoms with Crippen LogP contribution >= 0.6 is 23.5 Å².